The van der Waals surface area contributed by atoms with Gasteiger partial charge in [-0.05, 0) is 43.9 Å². The molecular formula is C13H16FN. The Morgan fingerprint density at radius 2 is 2.27 bits per heavy atom. The molecule has 0 amide bonds. The fraction of sp³-hybridized carbons (Fsp3) is 0.385. The number of anilines is 1. The number of halogens is 1. The predicted molar refractivity (Wildman–Crippen MR) is 61.5 cm³/mol. The lowest BCUT2D eigenvalue weighted by molar-refractivity contribution is 0.620. The summed E-state index contributed by atoms with van der Waals surface area (Å²) in [6.07, 6.45) is 7.71. The highest BCUT2D eigenvalue weighted by atomic mass is 19.1. The summed E-state index contributed by atoms with van der Waals surface area (Å²) in [5.41, 5.74) is 1.70. The zero-order chi connectivity index (χ0) is 10.7. The van der Waals surface area contributed by atoms with Gasteiger partial charge in [0.15, 0.2) is 0 Å². The van der Waals surface area contributed by atoms with E-state index in [1.807, 2.05) is 13.0 Å². The largest absolute Gasteiger partial charge is 0.376 e. The smallest absolute Gasteiger partial charge is 0.146 e. The first kappa shape index (κ1) is 10.2. The van der Waals surface area contributed by atoms with Crippen LogP contribution in [-0.2, 0) is 0 Å². The van der Waals surface area contributed by atoms with Gasteiger partial charge in [0.05, 0.1) is 5.69 Å². The monoisotopic (exact) mass is 205 g/mol. The molecule has 1 N–H and O–H groups in total. The van der Waals surface area contributed by atoms with Crippen LogP contribution in [0.15, 0.2) is 30.4 Å². The molecule has 0 saturated heterocycles. The average Bonchev–Trinajstić information content (AvgIpc) is 2.25. The maximum Gasteiger partial charge on any atom is 0.146 e. The fourth-order valence-corrected chi connectivity index (χ4v) is 1.88. The summed E-state index contributed by atoms with van der Waals surface area (Å²) < 4.78 is 13.4. The number of nitrogens with one attached hydrogen (secondary N) is 1. The molecule has 0 bridgehead atoms. The quantitative estimate of drug-likeness (QED) is 0.726. The van der Waals surface area contributed by atoms with E-state index >= 15 is 0 Å². The average molecular weight is 205 g/mol. The lowest BCUT2D eigenvalue weighted by Gasteiger charge is -2.19. The van der Waals surface area contributed by atoms with Crippen molar-refractivity contribution >= 4 is 5.69 Å². The van der Waals surface area contributed by atoms with Gasteiger partial charge in [-0.15, -0.1) is 0 Å². The van der Waals surface area contributed by atoms with Crippen molar-refractivity contribution in [3.8, 4) is 0 Å². The normalized spacial score (nSPS) is 20.3. The Morgan fingerprint density at radius 1 is 1.40 bits per heavy atom. The lowest BCUT2D eigenvalue weighted by Crippen LogP contribution is -2.19. The van der Waals surface area contributed by atoms with Gasteiger partial charge in [-0.2, -0.15) is 0 Å². The molecular weight excluding hydrogens is 189 g/mol. The van der Waals surface area contributed by atoms with E-state index in [9.17, 15) is 4.39 Å². The van der Waals surface area contributed by atoms with Gasteiger partial charge in [-0.1, -0.05) is 18.2 Å². The Bertz CT molecular complexity index is 371. The van der Waals surface area contributed by atoms with Crippen LogP contribution in [0, 0.1) is 12.7 Å². The highest BCUT2D eigenvalue weighted by Crippen LogP contribution is 2.20. The first-order valence-electron chi connectivity index (χ1n) is 5.45. The van der Waals surface area contributed by atoms with Crippen LogP contribution in [0.5, 0.6) is 0 Å². The van der Waals surface area contributed by atoms with Crippen molar-refractivity contribution in [2.24, 2.45) is 0 Å². The van der Waals surface area contributed by atoms with E-state index in [0.29, 0.717) is 5.69 Å². The minimum Gasteiger partial charge on any atom is -0.376 e. The molecule has 1 atom stereocenters. The van der Waals surface area contributed by atoms with E-state index in [1.165, 1.54) is 12.5 Å². The van der Waals surface area contributed by atoms with Crippen LogP contribution < -0.4 is 5.32 Å². The van der Waals surface area contributed by atoms with Crippen LogP contribution >= 0.6 is 0 Å². The molecule has 1 nitrogen and oxygen atoms in total. The van der Waals surface area contributed by atoms with Crippen molar-refractivity contribution in [3.05, 3.63) is 41.7 Å². The fourth-order valence-electron chi connectivity index (χ4n) is 1.88. The van der Waals surface area contributed by atoms with E-state index < -0.39 is 0 Å². The molecule has 1 aliphatic rings. The summed E-state index contributed by atoms with van der Waals surface area (Å²) >= 11 is 0. The molecule has 0 spiro atoms. The third kappa shape index (κ3) is 2.58. The Labute approximate surface area is 90.0 Å². The number of hydrogen-bond donors (Lipinski definition) is 1. The second-order valence-electron chi connectivity index (χ2n) is 4.09. The first-order chi connectivity index (χ1) is 7.25. The van der Waals surface area contributed by atoms with Crippen molar-refractivity contribution < 1.29 is 4.39 Å². The highest BCUT2D eigenvalue weighted by molar-refractivity contribution is 5.48. The maximum absolute atomic E-state index is 13.4. The zero-order valence-electron chi connectivity index (χ0n) is 8.96. The van der Waals surface area contributed by atoms with Gasteiger partial charge < -0.3 is 5.32 Å². The van der Waals surface area contributed by atoms with Crippen LogP contribution in [0.3, 0.4) is 0 Å². The first-order valence-corrected chi connectivity index (χ1v) is 5.45. The maximum atomic E-state index is 13.4. The van der Waals surface area contributed by atoms with Crippen molar-refractivity contribution in [2.75, 3.05) is 5.32 Å². The summed E-state index contributed by atoms with van der Waals surface area (Å²) in [5.74, 6) is -0.167. The van der Waals surface area contributed by atoms with E-state index in [4.69, 9.17) is 0 Å². The highest BCUT2D eigenvalue weighted by Gasteiger charge is 2.10. The second-order valence-corrected chi connectivity index (χ2v) is 4.09. The molecule has 1 aliphatic carbocycles. The van der Waals surface area contributed by atoms with Gasteiger partial charge in [-0.25, -0.2) is 4.39 Å². The predicted octanol–water partition coefficient (Wildman–Crippen LogP) is 3.65. The number of hydrogen-bond acceptors (Lipinski definition) is 1. The Balaban J connectivity index is 2.12. The van der Waals surface area contributed by atoms with E-state index in [1.54, 1.807) is 6.07 Å². The Kier molecular flexibility index (Phi) is 3.05. The molecule has 0 heterocycles. The van der Waals surface area contributed by atoms with Gasteiger partial charge in [-0.3, -0.25) is 0 Å². The van der Waals surface area contributed by atoms with Crippen molar-refractivity contribution in [3.63, 3.8) is 0 Å². The number of allylic oxidation sites excluding steroid dienone is 1. The van der Waals surface area contributed by atoms with Crippen LogP contribution in [0.4, 0.5) is 10.1 Å². The molecule has 0 radical (unpaired) electrons. The van der Waals surface area contributed by atoms with Crippen molar-refractivity contribution in [1.29, 1.82) is 0 Å². The molecule has 0 fully saturated rings. The Morgan fingerprint density at radius 3 is 3.00 bits per heavy atom. The van der Waals surface area contributed by atoms with Gasteiger partial charge >= 0.3 is 0 Å². The van der Waals surface area contributed by atoms with Gasteiger partial charge in [0, 0.05) is 6.04 Å². The third-order valence-corrected chi connectivity index (χ3v) is 2.72. The van der Waals surface area contributed by atoms with Gasteiger partial charge in [0.1, 0.15) is 5.82 Å². The Hall–Kier alpha value is -1.31. The van der Waals surface area contributed by atoms with Gasteiger partial charge in [0.2, 0.25) is 0 Å². The standard InChI is InChI=1S/C13H16FN/c1-10-7-8-12(14)13(9-10)15-11-5-3-2-4-6-11/h3,5,7-9,11,15H,2,4,6H2,1H3. The summed E-state index contributed by atoms with van der Waals surface area (Å²) in [5, 5.41) is 3.23. The summed E-state index contributed by atoms with van der Waals surface area (Å²) in [6, 6.07) is 5.45. The number of aryl methyl sites for hydroxylation is 1. The van der Waals surface area contributed by atoms with E-state index in [2.05, 4.69) is 17.5 Å². The number of benzene rings is 1. The lowest BCUT2D eigenvalue weighted by atomic mass is 10.0. The molecule has 2 rings (SSSR count). The van der Waals surface area contributed by atoms with Crippen LogP contribution in [0.2, 0.25) is 0 Å². The van der Waals surface area contributed by atoms with Crippen LogP contribution in [-0.4, -0.2) is 6.04 Å². The zero-order valence-corrected chi connectivity index (χ0v) is 8.96. The molecule has 2 heteroatoms. The van der Waals surface area contributed by atoms with Crippen molar-refractivity contribution in [1.82, 2.24) is 0 Å². The molecule has 15 heavy (non-hydrogen) atoms. The SMILES string of the molecule is Cc1ccc(F)c(NC2C=CCCC2)c1. The molecule has 80 valence electrons. The summed E-state index contributed by atoms with van der Waals surface area (Å²) in [6.45, 7) is 1.97. The molecule has 1 aromatic carbocycles. The molecule has 1 aromatic rings. The summed E-state index contributed by atoms with van der Waals surface area (Å²) in [7, 11) is 0. The molecule has 1 unspecified atom stereocenters. The van der Waals surface area contributed by atoms with Crippen LogP contribution in [0.25, 0.3) is 0 Å². The minimum absolute atomic E-state index is 0.167. The number of rotatable bonds is 2. The topological polar surface area (TPSA) is 12.0 Å². The third-order valence-electron chi connectivity index (χ3n) is 2.72. The molecule has 0 aliphatic heterocycles. The van der Waals surface area contributed by atoms with Crippen molar-refractivity contribution in [2.45, 2.75) is 32.2 Å². The molecule has 0 saturated carbocycles. The second kappa shape index (κ2) is 4.47. The van der Waals surface area contributed by atoms with Crippen LogP contribution in [0.1, 0.15) is 24.8 Å². The summed E-state index contributed by atoms with van der Waals surface area (Å²) in [4.78, 5) is 0. The van der Waals surface area contributed by atoms with E-state index in [-0.39, 0.29) is 11.9 Å². The molecule has 0 aromatic heterocycles. The van der Waals surface area contributed by atoms with Gasteiger partial charge in [0.25, 0.3) is 0 Å². The minimum atomic E-state index is -0.167. The van der Waals surface area contributed by atoms with E-state index in [0.717, 1.165) is 18.4 Å².